The van der Waals surface area contributed by atoms with Crippen molar-refractivity contribution in [2.24, 2.45) is 0 Å². The first-order valence-corrected chi connectivity index (χ1v) is 11.8. The van der Waals surface area contributed by atoms with Crippen LogP contribution in [0.4, 0.5) is 10.1 Å². The molecule has 0 saturated carbocycles. The summed E-state index contributed by atoms with van der Waals surface area (Å²) in [4.78, 5) is 12.4. The zero-order valence-corrected chi connectivity index (χ0v) is 18.1. The fourth-order valence-electron chi connectivity index (χ4n) is 3.18. The monoisotopic (exact) mass is 440 g/mol. The van der Waals surface area contributed by atoms with E-state index in [4.69, 9.17) is 0 Å². The lowest BCUT2D eigenvalue weighted by Crippen LogP contribution is -2.29. The molecule has 3 aromatic rings. The molecule has 0 spiro atoms. The maximum atomic E-state index is 12.9. The molecule has 0 aliphatic heterocycles. The summed E-state index contributed by atoms with van der Waals surface area (Å²) in [6, 6.07) is 22.2. The Bertz CT molecular complexity index is 1100. The Balaban J connectivity index is 1.58. The molecule has 0 aliphatic rings. The summed E-state index contributed by atoms with van der Waals surface area (Å²) in [5.74, 6) is -0.488. The average Bonchev–Trinajstić information content (AvgIpc) is 2.76. The molecule has 0 fully saturated rings. The molecule has 0 unspecified atom stereocenters. The van der Waals surface area contributed by atoms with Crippen molar-refractivity contribution in [2.75, 3.05) is 17.1 Å². The van der Waals surface area contributed by atoms with Crippen LogP contribution < -0.4 is 9.62 Å². The van der Waals surface area contributed by atoms with Crippen LogP contribution in [0.1, 0.15) is 27.9 Å². The zero-order chi connectivity index (χ0) is 22.3. The lowest BCUT2D eigenvalue weighted by atomic mass is 10.1. The highest BCUT2D eigenvalue weighted by Gasteiger charge is 2.18. The van der Waals surface area contributed by atoms with E-state index in [1.165, 1.54) is 16.4 Å². The van der Waals surface area contributed by atoms with Crippen molar-refractivity contribution >= 4 is 21.6 Å². The largest absolute Gasteiger partial charge is 0.352 e. The SMILES string of the molecule is CS(=O)(=O)N(Cc1ccccc1)c1ccc(C(=O)NCCCc2ccc(F)cc2)cc1. The lowest BCUT2D eigenvalue weighted by molar-refractivity contribution is 0.0953. The second kappa shape index (κ2) is 10.2. The van der Waals surface area contributed by atoms with Crippen LogP contribution in [0.5, 0.6) is 0 Å². The van der Waals surface area contributed by atoms with Gasteiger partial charge in [-0.1, -0.05) is 42.5 Å². The summed E-state index contributed by atoms with van der Waals surface area (Å²) in [6.45, 7) is 0.704. The number of nitrogens with zero attached hydrogens (tertiary/aromatic N) is 1. The van der Waals surface area contributed by atoms with Gasteiger partial charge in [0.15, 0.2) is 0 Å². The Labute approximate surface area is 182 Å². The number of aryl methyl sites for hydroxylation is 1. The van der Waals surface area contributed by atoms with Crippen molar-refractivity contribution in [3.63, 3.8) is 0 Å². The van der Waals surface area contributed by atoms with E-state index < -0.39 is 10.0 Å². The van der Waals surface area contributed by atoms with Crippen LogP contribution in [0.15, 0.2) is 78.9 Å². The first kappa shape index (κ1) is 22.5. The van der Waals surface area contributed by atoms with Gasteiger partial charge in [-0.05, 0) is 60.4 Å². The molecule has 0 aromatic heterocycles. The highest BCUT2D eigenvalue weighted by Crippen LogP contribution is 2.21. The maximum absolute atomic E-state index is 12.9. The van der Waals surface area contributed by atoms with E-state index >= 15 is 0 Å². The highest BCUT2D eigenvalue weighted by atomic mass is 32.2. The Hall–Kier alpha value is -3.19. The summed E-state index contributed by atoms with van der Waals surface area (Å²) in [7, 11) is -3.49. The minimum absolute atomic E-state index is 0.217. The van der Waals surface area contributed by atoms with Gasteiger partial charge in [0.2, 0.25) is 10.0 Å². The number of carbonyl (C=O) groups excluding carboxylic acids is 1. The predicted octanol–water partition coefficient (Wildman–Crippen LogP) is 4.15. The number of carbonyl (C=O) groups is 1. The van der Waals surface area contributed by atoms with Gasteiger partial charge in [-0.2, -0.15) is 0 Å². The number of rotatable bonds is 9. The minimum Gasteiger partial charge on any atom is -0.352 e. The molecule has 0 atom stereocenters. The van der Waals surface area contributed by atoms with Crippen molar-refractivity contribution in [2.45, 2.75) is 19.4 Å². The third-order valence-electron chi connectivity index (χ3n) is 4.83. The fourth-order valence-corrected chi connectivity index (χ4v) is 4.06. The Morgan fingerprint density at radius 2 is 1.55 bits per heavy atom. The Morgan fingerprint density at radius 1 is 0.903 bits per heavy atom. The third kappa shape index (κ3) is 6.65. The number of sulfonamides is 1. The second-order valence-electron chi connectivity index (χ2n) is 7.29. The molecule has 162 valence electrons. The van der Waals surface area contributed by atoms with Gasteiger partial charge >= 0.3 is 0 Å². The molecule has 1 amide bonds. The van der Waals surface area contributed by atoms with E-state index in [9.17, 15) is 17.6 Å². The van der Waals surface area contributed by atoms with Crippen LogP contribution in [-0.4, -0.2) is 27.1 Å². The molecule has 31 heavy (non-hydrogen) atoms. The van der Waals surface area contributed by atoms with Gasteiger partial charge in [0, 0.05) is 12.1 Å². The van der Waals surface area contributed by atoms with E-state index in [1.807, 2.05) is 30.3 Å². The molecule has 0 aliphatic carbocycles. The molecule has 3 aromatic carbocycles. The van der Waals surface area contributed by atoms with Crippen molar-refractivity contribution in [3.8, 4) is 0 Å². The van der Waals surface area contributed by atoms with Gasteiger partial charge in [0.05, 0.1) is 18.5 Å². The van der Waals surface area contributed by atoms with Crippen LogP contribution in [0, 0.1) is 5.82 Å². The van der Waals surface area contributed by atoms with Gasteiger partial charge in [-0.25, -0.2) is 12.8 Å². The van der Waals surface area contributed by atoms with Gasteiger partial charge in [-0.15, -0.1) is 0 Å². The third-order valence-corrected chi connectivity index (χ3v) is 5.97. The van der Waals surface area contributed by atoms with Crippen molar-refractivity contribution in [1.29, 1.82) is 0 Å². The molecule has 1 N–H and O–H groups in total. The summed E-state index contributed by atoms with van der Waals surface area (Å²) < 4.78 is 38.8. The number of benzene rings is 3. The van der Waals surface area contributed by atoms with Crippen molar-refractivity contribution in [3.05, 3.63) is 101 Å². The van der Waals surface area contributed by atoms with E-state index in [0.29, 0.717) is 17.8 Å². The number of nitrogens with one attached hydrogen (secondary N) is 1. The number of hydrogen-bond donors (Lipinski definition) is 1. The number of hydrogen-bond acceptors (Lipinski definition) is 3. The predicted molar refractivity (Wildman–Crippen MR) is 121 cm³/mol. The van der Waals surface area contributed by atoms with E-state index in [1.54, 1.807) is 36.4 Å². The summed E-state index contributed by atoms with van der Waals surface area (Å²) >= 11 is 0. The van der Waals surface area contributed by atoms with Gasteiger partial charge in [-0.3, -0.25) is 9.10 Å². The van der Waals surface area contributed by atoms with Crippen molar-refractivity contribution in [1.82, 2.24) is 5.32 Å². The average molecular weight is 441 g/mol. The minimum atomic E-state index is -3.49. The maximum Gasteiger partial charge on any atom is 0.251 e. The molecule has 0 radical (unpaired) electrons. The second-order valence-corrected chi connectivity index (χ2v) is 9.19. The van der Waals surface area contributed by atoms with Gasteiger partial charge in [0.25, 0.3) is 5.91 Å². The van der Waals surface area contributed by atoms with E-state index in [-0.39, 0.29) is 18.3 Å². The summed E-state index contributed by atoms with van der Waals surface area (Å²) in [5, 5.41) is 2.85. The Kier molecular flexibility index (Phi) is 7.41. The van der Waals surface area contributed by atoms with Crippen molar-refractivity contribution < 1.29 is 17.6 Å². The van der Waals surface area contributed by atoms with E-state index in [0.717, 1.165) is 30.2 Å². The first-order valence-electron chi connectivity index (χ1n) is 9.97. The van der Waals surface area contributed by atoms with Gasteiger partial charge < -0.3 is 5.32 Å². The molecule has 0 saturated heterocycles. The molecule has 7 heteroatoms. The zero-order valence-electron chi connectivity index (χ0n) is 17.3. The number of amides is 1. The van der Waals surface area contributed by atoms with Crippen LogP contribution in [0.3, 0.4) is 0 Å². The summed E-state index contributed by atoms with van der Waals surface area (Å²) in [5.41, 5.74) is 2.84. The normalized spacial score (nSPS) is 11.2. The van der Waals surface area contributed by atoms with Crippen LogP contribution in [0.25, 0.3) is 0 Å². The quantitative estimate of drug-likeness (QED) is 0.508. The molecule has 0 bridgehead atoms. The van der Waals surface area contributed by atoms with Gasteiger partial charge in [0.1, 0.15) is 5.82 Å². The summed E-state index contributed by atoms with van der Waals surface area (Å²) in [6.07, 6.45) is 2.63. The van der Waals surface area contributed by atoms with Crippen LogP contribution >= 0.6 is 0 Å². The molecule has 3 rings (SSSR count). The standard InChI is InChI=1S/C24H25FN2O3S/c1-31(29,30)27(18-20-6-3-2-4-7-20)23-15-11-21(12-16-23)24(28)26-17-5-8-19-9-13-22(25)14-10-19/h2-4,6-7,9-16H,5,8,17-18H2,1H3,(H,26,28). The number of anilines is 1. The van der Waals surface area contributed by atoms with E-state index in [2.05, 4.69) is 5.32 Å². The lowest BCUT2D eigenvalue weighted by Gasteiger charge is -2.22. The molecule has 0 heterocycles. The topological polar surface area (TPSA) is 66.5 Å². The first-order chi connectivity index (χ1) is 14.8. The van der Waals surface area contributed by atoms with Crippen LogP contribution in [0.2, 0.25) is 0 Å². The number of halogens is 1. The smallest absolute Gasteiger partial charge is 0.251 e. The molecule has 5 nitrogen and oxygen atoms in total. The highest BCUT2D eigenvalue weighted by molar-refractivity contribution is 7.92. The Morgan fingerprint density at radius 3 is 2.16 bits per heavy atom. The molecular weight excluding hydrogens is 415 g/mol. The fraction of sp³-hybridized carbons (Fsp3) is 0.208. The van der Waals surface area contributed by atoms with Crippen LogP contribution in [-0.2, 0) is 23.0 Å². The molecular formula is C24H25FN2O3S.